The molecule has 3 nitrogen and oxygen atoms in total. The number of fused-ring (bicyclic) bond motifs is 1. The van der Waals surface area contributed by atoms with Crippen LogP contribution in [0.5, 0.6) is 0 Å². The highest BCUT2D eigenvalue weighted by molar-refractivity contribution is 6.67. The predicted molar refractivity (Wildman–Crippen MR) is 95.7 cm³/mol. The third kappa shape index (κ3) is 1.99. The fraction of sp³-hybridized carbons (Fsp3) is 0.611. The Morgan fingerprint density at radius 3 is 2.58 bits per heavy atom. The fourth-order valence-corrected chi connectivity index (χ4v) is 6.79. The van der Waals surface area contributed by atoms with Gasteiger partial charge in [0, 0.05) is 23.8 Å². The highest BCUT2D eigenvalue weighted by Gasteiger charge is 2.76. The van der Waals surface area contributed by atoms with E-state index in [1.165, 1.54) is 11.1 Å². The SMILES string of the molecule is O=C(O)[N+]1(CC(Cl)(Cl)Cl)CCC23CCCCC21c1ccccc1C3. The van der Waals surface area contributed by atoms with Crippen LogP contribution in [0, 0.1) is 5.41 Å². The molecule has 130 valence electrons. The molecule has 1 aliphatic heterocycles. The summed E-state index contributed by atoms with van der Waals surface area (Å²) in [6, 6.07) is 8.32. The monoisotopic (exact) mass is 388 g/mol. The quantitative estimate of drug-likeness (QED) is 0.525. The maximum Gasteiger partial charge on any atom is 0.514 e. The van der Waals surface area contributed by atoms with Crippen molar-refractivity contribution in [3.63, 3.8) is 0 Å². The number of nitrogens with zero attached hydrogens (tertiary/aromatic N) is 1. The van der Waals surface area contributed by atoms with Crippen molar-refractivity contribution in [2.75, 3.05) is 13.1 Å². The van der Waals surface area contributed by atoms with E-state index in [2.05, 4.69) is 12.1 Å². The Bertz CT molecular complexity index is 704. The number of halogens is 3. The van der Waals surface area contributed by atoms with Gasteiger partial charge in [0.2, 0.25) is 3.79 Å². The average Bonchev–Trinajstić information content (AvgIpc) is 2.96. The standard InChI is InChI=1S/C18H20Cl3NO2/c19-18(20,21)12-22(15(23)24)10-9-16-7-3-4-8-17(16,22)14-6-2-1-5-13(14)11-16/h1-2,5-6H,3-4,7-12H2/p+1. The third-order valence-corrected chi connectivity index (χ3v) is 7.19. The molecule has 1 aromatic carbocycles. The van der Waals surface area contributed by atoms with Crippen LogP contribution in [0.3, 0.4) is 0 Å². The second-order valence-electron chi connectivity index (χ2n) is 7.68. The van der Waals surface area contributed by atoms with Crippen LogP contribution in [0.4, 0.5) is 4.79 Å². The molecule has 6 heteroatoms. The van der Waals surface area contributed by atoms with Crippen molar-refractivity contribution in [1.82, 2.24) is 0 Å². The zero-order valence-corrected chi connectivity index (χ0v) is 15.7. The third-order valence-electron chi connectivity index (χ3n) is 6.83. The summed E-state index contributed by atoms with van der Waals surface area (Å²) in [4.78, 5) is 12.6. The van der Waals surface area contributed by atoms with Gasteiger partial charge in [-0.25, -0.2) is 4.48 Å². The van der Waals surface area contributed by atoms with E-state index in [0.717, 1.165) is 38.5 Å². The smallest absolute Gasteiger partial charge is 0.435 e. The lowest BCUT2D eigenvalue weighted by molar-refractivity contribution is -0.910. The van der Waals surface area contributed by atoms with E-state index in [9.17, 15) is 9.90 Å². The Morgan fingerprint density at radius 1 is 1.17 bits per heavy atom. The van der Waals surface area contributed by atoms with E-state index < -0.39 is 15.4 Å². The maximum atomic E-state index is 12.6. The summed E-state index contributed by atoms with van der Waals surface area (Å²) in [5.41, 5.74) is 1.99. The van der Waals surface area contributed by atoms with Gasteiger partial charge in [0.25, 0.3) is 0 Å². The molecule has 0 spiro atoms. The van der Waals surface area contributed by atoms with Crippen LogP contribution in [-0.4, -0.2) is 32.6 Å². The van der Waals surface area contributed by atoms with Crippen molar-refractivity contribution < 1.29 is 14.4 Å². The molecular formula is C18H21Cl3NO2+. The first-order chi connectivity index (χ1) is 11.3. The number of hydrogen-bond acceptors (Lipinski definition) is 1. The summed E-state index contributed by atoms with van der Waals surface area (Å²) in [6.45, 7) is 0.556. The van der Waals surface area contributed by atoms with Crippen LogP contribution >= 0.6 is 34.8 Å². The van der Waals surface area contributed by atoms with Gasteiger partial charge in [-0.3, -0.25) is 0 Å². The van der Waals surface area contributed by atoms with Crippen LogP contribution in [0.1, 0.15) is 43.2 Å². The van der Waals surface area contributed by atoms with Crippen molar-refractivity contribution in [2.45, 2.75) is 47.9 Å². The number of likely N-dealkylation sites (tertiary alicyclic amines) is 1. The molecule has 1 saturated heterocycles. The molecule has 1 amide bonds. The van der Waals surface area contributed by atoms with Crippen molar-refractivity contribution in [3.8, 4) is 0 Å². The number of quaternary nitrogens is 1. The van der Waals surface area contributed by atoms with Crippen LogP contribution in [-0.2, 0) is 12.0 Å². The molecule has 1 aromatic rings. The fourth-order valence-electron chi connectivity index (χ4n) is 6.17. The molecule has 3 aliphatic rings. The lowest BCUT2D eigenvalue weighted by Gasteiger charge is -2.52. The van der Waals surface area contributed by atoms with E-state index in [1.807, 2.05) is 12.1 Å². The predicted octanol–water partition coefficient (Wildman–Crippen LogP) is 5.27. The van der Waals surface area contributed by atoms with Gasteiger partial charge in [-0.2, -0.15) is 4.79 Å². The molecule has 2 fully saturated rings. The number of rotatable bonds is 1. The number of carboxylic acid groups (broad SMARTS) is 1. The van der Waals surface area contributed by atoms with Crippen LogP contribution in [0.25, 0.3) is 0 Å². The summed E-state index contributed by atoms with van der Waals surface area (Å²) < 4.78 is -1.72. The molecular weight excluding hydrogens is 369 g/mol. The van der Waals surface area contributed by atoms with Gasteiger partial charge in [-0.05, 0) is 24.8 Å². The Kier molecular flexibility index (Phi) is 3.72. The highest BCUT2D eigenvalue weighted by atomic mass is 35.6. The average molecular weight is 390 g/mol. The largest absolute Gasteiger partial charge is 0.514 e. The van der Waals surface area contributed by atoms with Crippen molar-refractivity contribution in [1.29, 1.82) is 0 Å². The lowest BCUT2D eigenvalue weighted by Crippen LogP contribution is -2.67. The minimum absolute atomic E-state index is 0.0107. The van der Waals surface area contributed by atoms with Gasteiger partial charge in [0.1, 0.15) is 12.1 Å². The van der Waals surface area contributed by atoms with Gasteiger partial charge in [0.05, 0.1) is 6.54 Å². The normalized spacial score (nSPS) is 37.6. The van der Waals surface area contributed by atoms with Gasteiger partial charge in [0.15, 0.2) is 0 Å². The van der Waals surface area contributed by atoms with Crippen LogP contribution in [0.15, 0.2) is 24.3 Å². The first-order valence-electron chi connectivity index (χ1n) is 8.52. The summed E-state index contributed by atoms with van der Waals surface area (Å²) >= 11 is 18.4. The highest BCUT2D eigenvalue weighted by Crippen LogP contribution is 2.69. The van der Waals surface area contributed by atoms with E-state index >= 15 is 0 Å². The van der Waals surface area contributed by atoms with Crippen molar-refractivity contribution >= 4 is 40.9 Å². The summed E-state index contributed by atoms with van der Waals surface area (Å²) in [6.07, 6.45) is 5.09. The lowest BCUT2D eigenvalue weighted by atomic mass is 9.61. The molecule has 0 radical (unpaired) electrons. The van der Waals surface area contributed by atoms with Crippen LogP contribution < -0.4 is 0 Å². The zero-order valence-electron chi connectivity index (χ0n) is 13.4. The molecule has 2 aliphatic carbocycles. The molecule has 1 saturated carbocycles. The van der Waals surface area contributed by atoms with Gasteiger partial charge in [-0.1, -0.05) is 65.5 Å². The van der Waals surface area contributed by atoms with Gasteiger partial charge >= 0.3 is 6.09 Å². The Morgan fingerprint density at radius 2 is 1.88 bits per heavy atom. The summed E-state index contributed by atoms with van der Waals surface area (Å²) in [5.74, 6) is 0. The minimum atomic E-state index is -1.59. The first kappa shape index (κ1) is 17.0. The molecule has 4 rings (SSSR count). The van der Waals surface area contributed by atoms with E-state index in [4.69, 9.17) is 34.8 Å². The first-order valence-corrected chi connectivity index (χ1v) is 9.66. The molecule has 0 bridgehead atoms. The van der Waals surface area contributed by atoms with Gasteiger partial charge < -0.3 is 5.11 Å². The van der Waals surface area contributed by atoms with Crippen molar-refractivity contribution in [2.24, 2.45) is 5.41 Å². The molecule has 1 N–H and O–H groups in total. The number of carbonyl (C=O) groups is 1. The van der Waals surface area contributed by atoms with E-state index in [0.29, 0.717) is 6.54 Å². The molecule has 3 atom stereocenters. The number of amides is 1. The van der Waals surface area contributed by atoms with Gasteiger partial charge in [-0.15, -0.1) is 0 Å². The maximum absolute atomic E-state index is 12.6. The second kappa shape index (κ2) is 5.26. The zero-order chi connectivity index (χ0) is 17.2. The Hall–Kier alpha value is -0.480. The van der Waals surface area contributed by atoms with E-state index in [-0.39, 0.29) is 16.4 Å². The van der Waals surface area contributed by atoms with E-state index in [1.54, 1.807) is 0 Å². The van der Waals surface area contributed by atoms with Crippen LogP contribution in [0.2, 0.25) is 0 Å². The molecule has 24 heavy (non-hydrogen) atoms. The Labute approximate surface area is 157 Å². The number of benzene rings is 1. The van der Waals surface area contributed by atoms with Crippen molar-refractivity contribution in [3.05, 3.63) is 35.4 Å². The number of hydrogen-bond donors (Lipinski definition) is 1. The molecule has 3 unspecified atom stereocenters. The summed E-state index contributed by atoms with van der Waals surface area (Å²) in [5, 5.41) is 10.3. The molecule has 1 heterocycles. The number of alkyl halides is 3. The minimum Gasteiger partial charge on any atom is -0.435 e. The summed E-state index contributed by atoms with van der Waals surface area (Å²) in [7, 11) is 0. The molecule has 0 aromatic heterocycles. The second-order valence-corrected chi connectivity index (χ2v) is 10.2. The topological polar surface area (TPSA) is 37.3 Å². The Balaban J connectivity index is 1.99.